The van der Waals surface area contributed by atoms with Gasteiger partial charge in [-0.25, -0.2) is 9.78 Å². The Hall–Kier alpha value is -3.20. The summed E-state index contributed by atoms with van der Waals surface area (Å²) in [6.07, 6.45) is 5.49. The van der Waals surface area contributed by atoms with E-state index in [1.807, 2.05) is 0 Å². The van der Waals surface area contributed by atoms with E-state index in [2.05, 4.69) is 30.6 Å². The zero-order valence-electron chi connectivity index (χ0n) is 14.6. The van der Waals surface area contributed by atoms with Crippen LogP contribution in [-0.4, -0.2) is 43.1 Å². The maximum absolute atomic E-state index is 11.2. The zero-order chi connectivity index (χ0) is 18.8. The van der Waals surface area contributed by atoms with Gasteiger partial charge in [-0.1, -0.05) is 6.07 Å². The largest absolute Gasteiger partial charge is 0.478 e. The number of hydrogen-bond donors (Lipinski definition) is 5. The molecule has 0 radical (unpaired) electrons. The molecule has 4 rings (SSSR count). The van der Waals surface area contributed by atoms with Crippen LogP contribution in [0.15, 0.2) is 30.6 Å². The molecule has 0 spiro atoms. The number of aromatic carboxylic acids is 1. The van der Waals surface area contributed by atoms with Crippen LogP contribution in [0.5, 0.6) is 0 Å². The summed E-state index contributed by atoms with van der Waals surface area (Å²) < 4.78 is 0. The number of H-pyrrole nitrogens is 1. The van der Waals surface area contributed by atoms with Crippen LogP contribution in [0.4, 0.5) is 17.5 Å². The monoisotopic (exact) mass is 367 g/mol. The molecule has 0 atom stereocenters. The van der Waals surface area contributed by atoms with Crippen LogP contribution < -0.4 is 16.4 Å². The predicted octanol–water partition coefficient (Wildman–Crippen LogP) is 2.48. The molecule has 6 N–H and O–H groups in total. The van der Waals surface area contributed by atoms with Crippen molar-refractivity contribution in [2.75, 3.05) is 10.6 Å². The molecular formula is C18H21N7O2. The van der Waals surface area contributed by atoms with Gasteiger partial charge in [-0.3, -0.25) is 0 Å². The average molecular weight is 367 g/mol. The molecule has 3 aromatic rings. The fourth-order valence-corrected chi connectivity index (χ4v) is 3.30. The van der Waals surface area contributed by atoms with E-state index in [9.17, 15) is 4.79 Å². The smallest absolute Gasteiger partial charge is 0.335 e. The summed E-state index contributed by atoms with van der Waals surface area (Å²) in [5, 5.41) is 15.7. The molecule has 2 aromatic heterocycles. The Balaban J connectivity index is 1.61. The Bertz CT molecular complexity index is 963. The molecule has 27 heavy (non-hydrogen) atoms. The summed E-state index contributed by atoms with van der Waals surface area (Å²) in [6.45, 7) is 0. The van der Waals surface area contributed by atoms with Gasteiger partial charge in [-0.05, 0) is 43.9 Å². The van der Waals surface area contributed by atoms with Crippen molar-refractivity contribution in [2.45, 2.75) is 37.8 Å². The SMILES string of the molecule is NC1CCC(Nc2nc(Nc3cccc(C(=O)O)c3)c3nc[nH]c3n2)CC1. The molecule has 0 unspecified atom stereocenters. The molecule has 1 aromatic carbocycles. The molecule has 0 bridgehead atoms. The standard InChI is InChI=1S/C18H21N7O2/c19-11-4-6-12(7-5-11)23-18-24-15-14(20-9-21-15)16(25-18)22-13-3-1-2-10(8-13)17(26)27/h1-3,8-9,11-12H,4-7,19H2,(H,26,27)(H3,20,21,22,23,24,25). The number of carboxylic acid groups (broad SMARTS) is 1. The number of imidazole rings is 1. The van der Waals surface area contributed by atoms with Gasteiger partial charge in [0.25, 0.3) is 0 Å². The Morgan fingerprint density at radius 3 is 2.81 bits per heavy atom. The minimum absolute atomic E-state index is 0.198. The summed E-state index contributed by atoms with van der Waals surface area (Å²) >= 11 is 0. The van der Waals surface area contributed by atoms with Gasteiger partial charge in [0, 0.05) is 17.8 Å². The van der Waals surface area contributed by atoms with Crippen molar-refractivity contribution >= 4 is 34.6 Å². The first-order valence-corrected chi connectivity index (χ1v) is 8.92. The van der Waals surface area contributed by atoms with Gasteiger partial charge in [-0.15, -0.1) is 0 Å². The van der Waals surface area contributed by atoms with Gasteiger partial charge >= 0.3 is 5.97 Å². The minimum atomic E-state index is -0.982. The van der Waals surface area contributed by atoms with Crippen LogP contribution in [0.2, 0.25) is 0 Å². The highest BCUT2D eigenvalue weighted by atomic mass is 16.4. The summed E-state index contributed by atoms with van der Waals surface area (Å²) in [7, 11) is 0. The molecule has 0 saturated heterocycles. The zero-order valence-corrected chi connectivity index (χ0v) is 14.6. The highest BCUT2D eigenvalue weighted by Crippen LogP contribution is 2.25. The Morgan fingerprint density at radius 1 is 1.22 bits per heavy atom. The molecule has 1 aliphatic rings. The van der Waals surface area contributed by atoms with Crippen molar-refractivity contribution in [3.63, 3.8) is 0 Å². The summed E-state index contributed by atoms with van der Waals surface area (Å²) in [5.74, 6) is 0.0343. The number of carboxylic acids is 1. The highest BCUT2D eigenvalue weighted by molar-refractivity contribution is 5.90. The number of aromatic amines is 1. The molecule has 1 aliphatic carbocycles. The number of benzene rings is 1. The summed E-state index contributed by atoms with van der Waals surface area (Å²) in [6, 6.07) is 7.12. The maximum atomic E-state index is 11.2. The highest BCUT2D eigenvalue weighted by Gasteiger charge is 2.20. The average Bonchev–Trinajstić information content (AvgIpc) is 3.13. The summed E-state index contributed by atoms with van der Waals surface area (Å²) in [5.41, 5.74) is 7.98. The Labute approximate surface area is 155 Å². The number of anilines is 3. The fraction of sp³-hybridized carbons (Fsp3) is 0.333. The van der Waals surface area contributed by atoms with E-state index in [0.717, 1.165) is 25.7 Å². The van der Waals surface area contributed by atoms with Crippen LogP contribution in [0.25, 0.3) is 11.2 Å². The second-order valence-electron chi connectivity index (χ2n) is 6.76. The van der Waals surface area contributed by atoms with Crippen molar-refractivity contribution < 1.29 is 9.90 Å². The van der Waals surface area contributed by atoms with Crippen LogP contribution in [0.3, 0.4) is 0 Å². The van der Waals surface area contributed by atoms with Crippen LogP contribution in [-0.2, 0) is 0 Å². The van der Waals surface area contributed by atoms with E-state index in [0.29, 0.717) is 28.6 Å². The van der Waals surface area contributed by atoms with Gasteiger partial charge in [0.05, 0.1) is 11.9 Å². The molecule has 1 saturated carbocycles. The number of nitrogens with zero attached hydrogens (tertiary/aromatic N) is 3. The third-order valence-corrected chi connectivity index (χ3v) is 4.76. The third kappa shape index (κ3) is 3.82. The molecular weight excluding hydrogens is 346 g/mol. The van der Waals surface area contributed by atoms with Crippen molar-refractivity contribution in [1.82, 2.24) is 19.9 Å². The number of nitrogens with one attached hydrogen (secondary N) is 3. The molecule has 2 heterocycles. The number of hydrogen-bond acceptors (Lipinski definition) is 7. The summed E-state index contributed by atoms with van der Waals surface area (Å²) in [4.78, 5) is 27.5. The Morgan fingerprint density at radius 2 is 2.04 bits per heavy atom. The lowest BCUT2D eigenvalue weighted by atomic mass is 9.92. The van der Waals surface area contributed by atoms with Gasteiger partial charge in [0.15, 0.2) is 17.0 Å². The minimum Gasteiger partial charge on any atom is -0.478 e. The van der Waals surface area contributed by atoms with Crippen LogP contribution >= 0.6 is 0 Å². The molecule has 1 fully saturated rings. The molecule has 140 valence electrons. The molecule has 0 aliphatic heterocycles. The first kappa shape index (κ1) is 17.2. The van der Waals surface area contributed by atoms with Crippen molar-refractivity contribution in [1.29, 1.82) is 0 Å². The second kappa shape index (κ2) is 7.20. The second-order valence-corrected chi connectivity index (χ2v) is 6.76. The first-order valence-electron chi connectivity index (χ1n) is 8.92. The van der Waals surface area contributed by atoms with Crippen molar-refractivity contribution in [3.8, 4) is 0 Å². The van der Waals surface area contributed by atoms with Crippen LogP contribution in [0.1, 0.15) is 36.0 Å². The lowest BCUT2D eigenvalue weighted by Crippen LogP contribution is -2.33. The van der Waals surface area contributed by atoms with E-state index >= 15 is 0 Å². The molecule has 9 heteroatoms. The van der Waals surface area contributed by atoms with Crippen molar-refractivity contribution in [2.24, 2.45) is 5.73 Å². The normalized spacial score (nSPS) is 19.7. The van der Waals surface area contributed by atoms with E-state index in [-0.39, 0.29) is 17.6 Å². The lowest BCUT2D eigenvalue weighted by Gasteiger charge is -2.26. The van der Waals surface area contributed by atoms with Gasteiger partial charge in [-0.2, -0.15) is 9.97 Å². The van der Waals surface area contributed by atoms with E-state index in [4.69, 9.17) is 10.8 Å². The van der Waals surface area contributed by atoms with Gasteiger partial charge < -0.3 is 26.5 Å². The van der Waals surface area contributed by atoms with Gasteiger partial charge in [0.2, 0.25) is 5.95 Å². The first-order chi connectivity index (χ1) is 13.1. The molecule has 9 nitrogen and oxygen atoms in total. The number of nitrogens with two attached hydrogens (primary N) is 1. The topological polar surface area (TPSA) is 142 Å². The van der Waals surface area contributed by atoms with Crippen LogP contribution in [0, 0.1) is 0 Å². The quantitative estimate of drug-likeness (QED) is 0.463. The van der Waals surface area contributed by atoms with E-state index < -0.39 is 5.97 Å². The number of carbonyl (C=O) groups is 1. The van der Waals surface area contributed by atoms with Gasteiger partial charge in [0.1, 0.15) is 0 Å². The van der Waals surface area contributed by atoms with Crippen molar-refractivity contribution in [3.05, 3.63) is 36.2 Å². The third-order valence-electron chi connectivity index (χ3n) is 4.76. The molecule has 0 amide bonds. The number of aromatic nitrogens is 4. The lowest BCUT2D eigenvalue weighted by molar-refractivity contribution is 0.0697. The Kier molecular flexibility index (Phi) is 4.59. The number of rotatable bonds is 5. The maximum Gasteiger partial charge on any atom is 0.335 e. The van der Waals surface area contributed by atoms with E-state index in [1.165, 1.54) is 0 Å². The van der Waals surface area contributed by atoms with E-state index in [1.54, 1.807) is 30.6 Å². The predicted molar refractivity (Wildman–Crippen MR) is 102 cm³/mol. The number of fused-ring (bicyclic) bond motifs is 1. The fourth-order valence-electron chi connectivity index (χ4n) is 3.30.